The predicted molar refractivity (Wildman–Crippen MR) is 144 cm³/mol. The number of ether oxygens (including phenoxy) is 2. The van der Waals surface area contributed by atoms with E-state index in [9.17, 15) is 9.59 Å². The number of aryl methyl sites for hydroxylation is 1. The fraction of sp³-hybridized carbons (Fsp3) is 0.267. The van der Waals surface area contributed by atoms with Crippen molar-refractivity contribution in [1.29, 1.82) is 0 Å². The van der Waals surface area contributed by atoms with Crippen LogP contribution in [0.15, 0.2) is 66.7 Å². The van der Waals surface area contributed by atoms with Gasteiger partial charge < -0.3 is 9.47 Å². The molecule has 1 fully saturated rings. The lowest BCUT2D eigenvalue weighted by atomic mass is 9.97. The van der Waals surface area contributed by atoms with E-state index in [0.717, 1.165) is 51.5 Å². The SMILES string of the molecule is CC(=O)Oc1ccc(-c2sc3cc(C)ccc3c2C(=O)c2ccc(OCCN3CCCC3)cc2)cc1. The second-order valence-electron chi connectivity index (χ2n) is 9.17. The summed E-state index contributed by atoms with van der Waals surface area (Å²) in [6.45, 7) is 7.31. The number of rotatable bonds is 8. The van der Waals surface area contributed by atoms with E-state index in [1.807, 2.05) is 48.5 Å². The highest BCUT2D eigenvalue weighted by atomic mass is 32.1. The Kier molecular flexibility index (Phi) is 7.16. The molecule has 0 saturated carbocycles. The Morgan fingerprint density at radius 3 is 2.31 bits per heavy atom. The molecule has 0 radical (unpaired) electrons. The summed E-state index contributed by atoms with van der Waals surface area (Å²) in [6.07, 6.45) is 2.54. The standard InChI is InChI=1S/C30H29NO4S/c1-20-5-14-26-27(19-20)36-30(23-8-12-25(13-9-23)35-21(2)32)28(26)29(33)22-6-10-24(11-7-22)34-18-17-31-15-3-4-16-31/h5-14,19H,3-4,15-18H2,1-2H3. The number of hydrogen-bond donors (Lipinski definition) is 0. The molecule has 36 heavy (non-hydrogen) atoms. The van der Waals surface area contributed by atoms with E-state index in [-0.39, 0.29) is 11.8 Å². The van der Waals surface area contributed by atoms with Crippen LogP contribution in [0.2, 0.25) is 0 Å². The Morgan fingerprint density at radius 1 is 0.917 bits per heavy atom. The molecule has 5 nitrogen and oxygen atoms in total. The molecule has 0 bridgehead atoms. The van der Waals surface area contributed by atoms with Gasteiger partial charge in [-0.2, -0.15) is 0 Å². The minimum Gasteiger partial charge on any atom is -0.492 e. The maximum Gasteiger partial charge on any atom is 0.308 e. The summed E-state index contributed by atoms with van der Waals surface area (Å²) in [7, 11) is 0. The molecular weight excluding hydrogens is 470 g/mol. The average molecular weight is 500 g/mol. The maximum atomic E-state index is 13.8. The van der Waals surface area contributed by atoms with E-state index >= 15 is 0 Å². The molecule has 4 aromatic rings. The summed E-state index contributed by atoms with van der Waals surface area (Å²) in [5.41, 5.74) is 3.38. The van der Waals surface area contributed by atoms with Gasteiger partial charge in [0.2, 0.25) is 0 Å². The minimum absolute atomic E-state index is 0.0206. The van der Waals surface area contributed by atoms with E-state index in [2.05, 4.69) is 17.9 Å². The van der Waals surface area contributed by atoms with Crippen LogP contribution in [0.4, 0.5) is 0 Å². The second-order valence-corrected chi connectivity index (χ2v) is 10.2. The number of hydrogen-bond acceptors (Lipinski definition) is 6. The summed E-state index contributed by atoms with van der Waals surface area (Å²) >= 11 is 1.60. The van der Waals surface area contributed by atoms with Crippen LogP contribution < -0.4 is 9.47 Å². The van der Waals surface area contributed by atoms with E-state index in [1.165, 1.54) is 19.8 Å². The van der Waals surface area contributed by atoms with Gasteiger partial charge in [-0.05, 0) is 98.6 Å². The van der Waals surface area contributed by atoms with Crippen LogP contribution in [0.25, 0.3) is 20.5 Å². The van der Waals surface area contributed by atoms with Gasteiger partial charge in [-0.1, -0.05) is 12.1 Å². The molecule has 0 N–H and O–H groups in total. The number of esters is 1. The second kappa shape index (κ2) is 10.6. The molecule has 1 saturated heterocycles. The molecular formula is C30H29NO4S. The number of likely N-dealkylation sites (tertiary alicyclic amines) is 1. The molecule has 2 heterocycles. The van der Waals surface area contributed by atoms with Crippen molar-refractivity contribution in [3.8, 4) is 21.9 Å². The first-order valence-electron chi connectivity index (χ1n) is 12.3. The zero-order valence-corrected chi connectivity index (χ0v) is 21.4. The Morgan fingerprint density at radius 2 is 1.61 bits per heavy atom. The number of ketones is 1. The summed E-state index contributed by atoms with van der Waals surface area (Å²) in [5.74, 6) is 0.876. The Hall–Kier alpha value is -3.48. The fourth-order valence-corrected chi connectivity index (χ4v) is 5.92. The first-order chi connectivity index (χ1) is 17.5. The quantitative estimate of drug-likeness (QED) is 0.157. The normalized spacial score (nSPS) is 13.7. The number of nitrogens with zero attached hydrogens (tertiary/aromatic N) is 1. The monoisotopic (exact) mass is 499 g/mol. The molecule has 5 rings (SSSR count). The third kappa shape index (κ3) is 5.35. The topological polar surface area (TPSA) is 55.8 Å². The van der Waals surface area contributed by atoms with Crippen molar-refractivity contribution in [2.45, 2.75) is 26.7 Å². The molecule has 0 atom stereocenters. The van der Waals surface area contributed by atoms with Gasteiger partial charge in [0.1, 0.15) is 18.1 Å². The number of benzene rings is 3. The number of fused-ring (bicyclic) bond motifs is 1. The number of thiophene rings is 1. The summed E-state index contributed by atoms with van der Waals surface area (Å²) in [4.78, 5) is 28.4. The Balaban J connectivity index is 1.41. The summed E-state index contributed by atoms with van der Waals surface area (Å²) < 4.78 is 12.2. The lowest BCUT2D eigenvalue weighted by Crippen LogP contribution is -2.25. The van der Waals surface area contributed by atoms with Gasteiger partial charge in [-0.25, -0.2) is 0 Å². The van der Waals surface area contributed by atoms with E-state index in [4.69, 9.17) is 9.47 Å². The van der Waals surface area contributed by atoms with Crippen molar-refractivity contribution in [1.82, 2.24) is 4.90 Å². The largest absolute Gasteiger partial charge is 0.492 e. The van der Waals surface area contributed by atoms with Gasteiger partial charge in [0.15, 0.2) is 5.78 Å². The smallest absolute Gasteiger partial charge is 0.308 e. The molecule has 3 aromatic carbocycles. The van der Waals surface area contributed by atoms with E-state index in [1.54, 1.807) is 23.5 Å². The highest BCUT2D eigenvalue weighted by Crippen LogP contribution is 2.40. The van der Waals surface area contributed by atoms with Gasteiger partial charge in [-0.15, -0.1) is 11.3 Å². The van der Waals surface area contributed by atoms with Crippen molar-refractivity contribution in [2.24, 2.45) is 0 Å². The van der Waals surface area contributed by atoms with Crippen LogP contribution in [0, 0.1) is 6.92 Å². The van der Waals surface area contributed by atoms with Gasteiger partial charge in [0.25, 0.3) is 0 Å². The van der Waals surface area contributed by atoms with Crippen molar-refractivity contribution < 1.29 is 19.1 Å². The molecule has 184 valence electrons. The van der Waals surface area contributed by atoms with Crippen LogP contribution in [-0.4, -0.2) is 42.9 Å². The fourth-order valence-electron chi connectivity index (χ4n) is 4.62. The maximum absolute atomic E-state index is 13.8. The third-order valence-electron chi connectivity index (χ3n) is 6.44. The minimum atomic E-state index is -0.362. The van der Waals surface area contributed by atoms with Gasteiger partial charge in [-0.3, -0.25) is 14.5 Å². The van der Waals surface area contributed by atoms with Gasteiger partial charge in [0.05, 0.1) is 0 Å². The van der Waals surface area contributed by atoms with Crippen LogP contribution in [0.1, 0.15) is 41.3 Å². The molecule has 0 aliphatic carbocycles. The molecule has 1 aliphatic heterocycles. The van der Waals surface area contributed by atoms with Gasteiger partial charge >= 0.3 is 5.97 Å². The van der Waals surface area contributed by atoms with Crippen molar-refractivity contribution >= 4 is 33.2 Å². The van der Waals surface area contributed by atoms with Crippen LogP contribution in [0.3, 0.4) is 0 Å². The van der Waals surface area contributed by atoms with Crippen molar-refractivity contribution in [3.05, 3.63) is 83.4 Å². The first kappa shape index (κ1) is 24.2. The molecule has 0 spiro atoms. The third-order valence-corrected chi connectivity index (χ3v) is 7.64. The summed E-state index contributed by atoms with van der Waals surface area (Å²) in [5, 5.41) is 0.945. The number of carbonyl (C=O) groups excluding carboxylic acids is 2. The molecule has 0 unspecified atom stereocenters. The molecule has 1 aliphatic rings. The zero-order chi connectivity index (χ0) is 25.1. The zero-order valence-electron chi connectivity index (χ0n) is 20.6. The van der Waals surface area contributed by atoms with Crippen molar-refractivity contribution in [2.75, 3.05) is 26.2 Å². The Bertz CT molecular complexity index is 1380. The lowest BCUT2D eigenvalue weighted by molar-refractivity contribution is -0.131. The molecule has 6 heteroatoms. The van der Waals surface area contributed by atoms with Crippen molar-refractivity contribution in [3.63, 3.8) is 0 Å². The highest BCUT2D eigenvalue weighted by Gasteiger charge is 2.22. The average Bonchev–Trinajstić information content (AvgIpc) is 3.52. The predicted octanol–water partition coefficient (Wildman–Crippen LogP) is 6.51. The van der Waals surface area contributed by atoms with Crippen LogP contribution >= 0.6 is 11.3 Å². The molecule has 1 aromatic heterocycles. The van der Waals surface area contributed by atoms with E-state index in [0.29, 0.717) is 23.5 Å². The van der Waals surface area contributed by atoms with Gasteiger partial charge in [0, 0.05) is 39.6 Å². The van der Waals surface area contributed by atoms with Crippen LogP contribution in [-0.2, 0) is 4.79 Å². The summed E-state index contributed by atoms with van der Waals surface area (Å²) in [6, 6.07) is 20.9. The van der Waals surface area contributed by atoms with Crippen LogP contribution in [0.5, 0.6) is 11.5 Å². The Labute approximate surface area is 215 Å². The first-order valence-corrected chi connectivity index (χ1v) is 13.1. The lowest BCUT2D eigenvalue weighted by Gasteiger charge is -2.15. The number of carbonyl (C=O) groups is 2. The highest BCUT2D eigenvalue weighted by molar-refractivity contribution is 7.22. The van der Waals surface area contributed by atoms with E-state index < -0.39 is 0 Å². The molecule has 0 amide bonds.